The van der Waals surface area contributed by atoms with Crippen molar-refractivity contribution in [1.82, 2.24) is 15.1 Å². The van der Waals surface area contributed by atoms with Crippen molar-refractivity contribution in [2.24, 2.45) is 5.92 Å². The van der Waals surface area contributed by atoms with Crippen LogP contribution in [0.15, 0.2) is 48.5 Å². The molecule has 0 spiro atoms. The number of aliphatic carboxylic acids is 1. The van der Waals surface area contributed by atoms with Gasteiger partial charge in [-0.1, -0.05) is 36.4 Å². The van der Waals surface area contributed by atoms with Gasteiger partial charge in [-0.3, -0.25) is 9.59 Å². The molecule has 4 rings (SSSR count). The minimum absolute atomic E-state index is 0.0820. The van der Waals surface area contributed by atoms with Gasteiger partial charge < -0.3 is 30.3 Å². The number of nitrogens with one attached hydrogen (secondary N) is 2. The number of hydrogen-bond donors (Lipinski definition) is 2. The molecule has 2 N–H and O–H groups in total. The summed E-state index contributed by atoms with van der Waals surface area (Å²) in [5.41, 5.74) is 3.10. The first-order chi connectivity index (χ1) is 17.4. The van der Waals surface area contributed by atoms with Crippen molar-refractivity contribution < 1.29 is 19.5 Å². The first kappa shape index (κ1) is 25.7. The topological polar surface area (TPSA) is 105 Å². The molecule has 36 heavy (non-hydrogen) atoms. The number of fused-ring (bicyclic) bond motifs is 1. The van der Waals surface area contributed by atoms with E-state index in [4.69, 9.17) is 0 Å². The van der Waals surface area contributed by atoms with E-state index in [0.717, 1.165) is 43.5 Å². The van der Waals surface area contributed by atoms with Crippen LogP contribution in [-0.2, 0) is 22.6 Å². The summed E-state index contributed by atoms with van der Waals surface area (Å²) in [5.74, 6) is -1.02. The zero-order valence-electron chi connectivity index (χ0n) is 20.9. The van der Waals surface area contributed by atoms with Crippen LogP contribution in [0.25, 0.3) is 0 Å². The van der Waals surface area contributed by atoms with Crippen molar-refractivity contribution in [2.45, 2.75) is 44.7 Å². The van der Waals surface area contributed by atoms with Crippen LogP contribution in [0.3, 0.4) is 0 Å². The third-order valence-corrected chi connectivity index (χ3v) is 7.22. The van der Waals surface area contributed by atoms with E-state index >= 15 is 0 Å². The Morgan fingerprint density at radius 3 is 2.58 bits per heavy atom. The van der Waals surface area contributed by atoms with Crippen LogP contribution in [0.2, 0.25) is 0 Å². The van der Waals surface area contributed by atoms with E-state index in [1.807, 2.05) is 43.4 Å². The standard InChI is InChI=1S/C28H36N4O4/c1-31(15-11-21-9-13-29-14-10-21)27(35)22-7-8-23-19-32(16-12-20-5-3-2-4-6-20)28(36)25(18-26(33)34)30-24(23)17-22/h2-8,17,21,25,29-30H,9-16,18-19H2,1H3,(H,33,34)/p-1. The summed E-state index contributed by atoms with van der Waals surface area (Å²) >= 11 is 0. The summed E-state index contributed by atoms with van der Waals surface area (Å²) < 4.78 is 0. The molecule has 0 radical (unpaired) electrons. The highest BCUT2D eigenvalue weighted by molar-refractivity contribution is 5.96. The van der Waals surface area contributed by atoms with Crippen LogP contribution in [0.1, 0.15) is 47.2 Å². The van der Waals surface area contributed by atoms with Crippen LogP contribution in [0.5, 0.6) is 0 Å². The van der Waals surface area contributed by atoms with Crippen LogP contribution < -0.4 is 15.7 Å². The van der Waals surface area contributed by atoms with Crippen LogP contribution in [0.4, 0.5) is 5.69 Å². The number of carboxylic acid groups (broad SMARTS) is 1. The Morgan fingerprint density at radius 2 is 1.86 bits per heavy atom. The Kier molecular flexibility index (Phi) is 8.59. The number of carbonyl (C=O) groups is 3. The molecule has 1 atom stereocenters. The minimum atomic E-state index is -1.29. The van der Waals surface area contributed by atoms with Crippen molar-refractivity contribution >= 4 is 23.5 Å². The molecule has 2 heterocycles. The second-order valence-corrected chi connectivity index (χ2v) is 9.85. The first-order valence-corrected chi connectivity index (χ1v) is 12.8. The lowest BCUT2D eigenvalue weighted by Gasteiger charge is -2.25. The predicted octanol–water partition coefficient (Wildman–Crippen LogP) is 1.65. The van der Waals surface area contributed by atoms with Crippen molar-refractivity contribution in [3.63, 3.8) is 0 Å². The summed E-state index contributed by atoms with van der Waals surface area (Å²) in [6, 6.07) is 14.3. The average Bonchev–Trinajstić information content (AvgIpc) is 3.02. The zero-order valence-corrected chi connectivity index (χ0v) is 20.9. The van der Waals surface area contributed by atoms with Crippen molar-refractivity contribution in [2.75, 3.05) is 38.5 Å². The quantitative estimate of drug-likeness (QED) is 0.553. The molecule has 1 fully saturated rings. The van der Waals surface area contributed by atoms with E-state index in [9.17, 15) is 19.5 Å². The molecule has 0 saturated carbocycles. The maximum absolute atomic E-state index is 13.2. The van der Waals surface area contributed by atoms with Gasteiger partial charge in [0, 0.05) is 50.3 Å². The fraction of sp³-hybridized carbons (Fsp3) is 0.464. The second-order valence-electron chi connectivity index (χ2n) is 9.85. The van der Waals surface area contributed by atoms with Gasteiger partial charge in [-0.2, -0.15) is 0 Å². The minimum Gasteiger partial charge on any atom is -0.550 e. The highest BCUT2D eigenvalue weighted by atomic mass is 16.4. The van der Waals surface area contributed by atoms with E-state index in [2.05, 4.69) is 10.6 Å². The molecule has 1 unspecified atom stereocenters. The van der Waals surface area contributed by atoms with Gasteiger partial charge >= 0.3 is 0 Å². The highest BCUT2D eigenvalue weighted by Crippen LogP contribution is 2.26. The van der Waals surface area contributed by atoms with Crippen molar-refractivity contribution in [1.29, 1.82) is 0 Å². The third-order valence-electron chi connectivity index (χ3n) is 7.22. The first-order valence-electron chi connectivity index (χ1n) is 12.8. The van der Waals surface area contributed by atoms with Gasteiger partial charge in [-0.05, 0) is 68.0 Å². The molecule has 8 nitrogen and oxygen atoms in total. The number of piperidine rings is 1. The Morgan fingerprint density at radius 1 is 1.11 bits per heavy atom. The molecule has 0 aliphatic carbocycles. The van der Waals surface area contributed by atoms with E-state index in [0.29, 0.717) is 43.2 Å². The number of carbonyl (C=O) groups excluding carboxylic acids is 3. The van der Waals surface area contributed by atoms with E-state index < -0.39 is 18.4 Å². The lowest BCUT2D eigenvalue weighted by atomic mass is 9.94. The molecule has 2 aromatic carbocycles. The number of anilines is 1. The normalized spacial score (nSPS) is 18.2. The lowest BCUT2D eigenvalue weighted by molar-refractivity contribution is -0.305. The summed E-state index contributed by atoms with van der Waals surface area (Å²) in [5, 5.41) is 17.9. The largest absolute Gasteiger partial charge is 0.550 e. The summed E-state index contributed by atoms with van der Waals surface area (Å²) in [4.78, 5) is 41.2. The summed E-state index contributed by atoms with van der Waals surface area (Å²) in [7, 11) is 1.82. The van der Waals surface area contributed by atoms with Gasteiger partial charge in [0.05, 0.1) is 0 Å². The third kappa shape index (κ3) is 6.63. The summed E-state index contributed by atoms with van der Waals surface area (Å²) in [6.07, 6.45) is 3.48. The highest BCUT2D eigenvalue weighted by Gasteiger charge is 2.30. The zero-order chi connectivity index (χ0) is 25.5. The van der Waals surface area contributed by atoms with Crippen molar-refractivity contribution in [3.05, 3.63) is 65.2 Å². The molecular weight excluding hydrogens is 456 g/mol. The number of amides is 2. The fourth-order valence-electron chi connectivity index (χ4n) is 5.01. The molecule has 8 heteroatoms. The van der Waals surface area contributed by atoms with Crippen molar-refractivity contribution in [3.8, 4) is 0 Å². The predicted molar refractivity (Wildman–Crippen MR) is 136 cm³/mol. The van der Waals surface area contributed by atoms with E-state index in [1.165, 1.54) is 0 Å². The Balaban J connectivity index is 1.48. The Labute approximate surface area is 212 Å². The molecule has 0 bridgehead atoms. The maximum Gasteiger partial charge on any atom is 0.253 e. The SMILES string of the molecule is CN(CCC1CCNCC1)C(=O)c1ccc2c(c1)NC(CC(=O)[O-])C(=O)N(CCc1ccccc1)C2. The molecule has 1 saturated heterocycles. The molecule has 2 aliphatic rings. The van der Waals surface area contributed by atoms with Gasteiger partial charge in [0.1, 0.15) is 6.04 Å². The molecule has 2 amide bonds. The van der Waals surface area contributed by atoms with E-state index in [1.54, 1.807) is 21.9 Å². The molecular formula is C28H35N4O4-. The molecule has 2 aromatic rings. The molecule has 0 aromatic heterocycles. The monoisotopic (exact) mass is 491 g/mol. The lowest BCUT2D eigenvalue weighted by Crippen LogP contribution is -2.44. The Hall–Kier alpha value is -3.39. The molecule has 192 valence electrons. The average molecular weight is 492 g/mol. The van der Waals surface area contributed by atoms with Gasteiger partial charge in [0.25, 0.3) is 5.91 Å². The van der Waals surface area contributed by atoms with Gasteiger partial charge in [-0.25, -0.2) is 0 Å². The number of hydrogen-bond acceptors (Lipinski definition) is 6. The fourth-order valence-corrected chi connectivity index (χ4v) is 5.01. The van der Waals surface area contributed by atoms with Gasteiger partial charge in [0.2, 0.25) is 5.91 Å². The number of nitrogens with zero attached hydrogens (tertiary/aromatic N) is 2. The second kappa shape index (κ2) is 12.0. The van der Waals surface area contributed by atoms with Gasteiger partial charge in [0.15, 0.2) is 0 Å². The number of benzene rings is 2. The van der Waals surface area contributed by atoms with Crippen LogP contribution >= 0.6 is 0 Å². The summed E-state index contributed by atoms with van der Waals surface area (Å²) in [6.45, 7) is 3.57. The van der Waals surface area contributed by atoms with Gasteiger partial charge in [-0.15, -0.1) is 0 Å². The van der Waals surface area contributed by atoms with E-state index in [-0.39, 0.29) is 11.8 Å². The van der Waals surface area contributed by atoms with Crippen LogP contribution in [-0.4, -0.2) is 66.9 Å². The number of carboxylic acids is 1. The Bertz CT molecular complexity index is 1070. The van der Waals surface area contributed by atoms with Crippen LogP contribution in [0, 0.1) is 5.92 Å². The maximum atomic E-state index is 13.2. The smallest absolute Gasteiger partial charge is 0.253 e. The molecule has 2 aliphatic heterocycles. The number of rotatable bonds is 9.